The van der Waals surface area contributed by atoms with Gasteiger partial charge in [0.05, 0.1) is 4.92 Å². The summed E-state index contributed by atoms with van der Waals surface area (Å²) in [5.74, 6) is -0.467. The van der Waals surface area contributed by atoms with Crippen molar-refractivity contribution >= 4 is 31.5 Å². The van der Waals surface area contributed by atoms with Crippen LogP contribution < -0.4 is 9.46 Å². The van der Waals surface area contributed by atoms with Crippen LogP contribution in [0.5, 0.6) is 5.75 Å². The van der Waals surface area contributed by atoms with Crippen molar-refractivity contribution in [3.63, 3.8) is 0 Å². The van der Waals surface area contributed by atoms with Crippen LogP contribution in [-0.2, 0) is 10.0 Å². The summed E-state index contributed by atoms with van der Waals surface area (Å²) in [6.07, 6.45) is 0.970. The Balaban J connectivity index is 1.87. The third-order valence-electron chi connectivity index (χ3n) is 2.35. The summed E-state index contributed by atoms with van der Waals surface area (Å²) in [7, 11) is -3.75. The number of nitro groups is 1. The molecule has 8 nitrogen and oxygen atoms in total. The lowest BCUT2D eigenvalue weighted by atomic mass is 10.3. The van der Waals surface area contributed by atoms with Crippen LogP contribution in [-0.4, -0.2) is 30.7 Å². The summed E-state index contributed by atoms with van der Waals surface area (Å²) < 4.78 is 43.5. The van der Waals surface area contributed by atoms with Gasteiger partial charge in [-0.3, -0.25) is 14.8 Å². The van der Waals surface area contributed by atoms with Gasteiger partial charge in [0.25, 0.3) is 0 Å². The zero-order valence-electron chi connectivity index (χ0n) is 10.9. The molecule has 0 saturated carbocycles. The summed E-state index contributed by atoms with van der Waals surface area (Å²) in [5.41, 5.74) is 0. The quantitative estimate of drug-likeness (QED) is 0.606. The van der Waals surface area contributed by atoms with Crippen molar-refractivity contribution in [1.29, 1.82) is 0 Å². The fourth-order valence-corrected chi connectivity index (χ4v) is 3.14. The topological polar surface area (TPSA) is 111 Å². The van der Waals surface area contributed by atoms with Crippen LogP contribution in [0.2, 0.25) is 0 Å². The second-order valence-electron chi connectivity index (χ2n) is 3.98. The molecule has 0 spiro atoms. The highest BCUT2D eigenvalue weighted by Crippen LogP contribution is 2.25. The molecule has 1 heterocycles. The van der Waals surface area contributed by atoms with Crippen LogP contribution in [0.3, 0.4) is 0 Å². The monoisotopic (exact) mass is 347 g/mol. The third kappa shape index (κ3) is 4.63. The van der Waals surface area contributed by atoms with Crippen molar-refractivity contribution in [2.24, 2.45) is 0 Å². The van der Waals surface area contributed by atoms with E-state index in [-0.39, 0.29) is 22.5 Å². The Bertz CT molecular complexity index is 760. The van der Waals surface area contributed by atoms with Crippen molar-refractivity contribution < 1.29 is 22.5 Å². The molecule has 0 amide bonds. The Morgan fingerprint density at radius 3 is 2.64 bits per heavy atom. The number of hydrogen-bond acceptors (Lipinski definition) is 7. The molecule has 11 heteroatoms. The summed E-state index contributed by atoms with van der Waals surface area (Å²) in [5, 5.41) is 10.1. The second-order valence-corrected chi connectivity index (χ2v) is 6.84. The zero-order chi connectivity index (χ0) is 16.2. The summed E-state index contributed by atoms with van der Waals surface area (Å²) in [6, 6.07) is 5.13. The number of rotatable bonds is 7. The molecule has 1 N–H and O–H groups in total. The SMILES string of the molecule is O=[N+]([O-])c1cnc(NS(=O)(=O)CCOc2ccc(F)cc2)s1. The van der Waals surface area contributed by atoms with Crippen LogP contribution in [0.15, 0.2) is 30.5 Å². The molecule has 118 valence electrons. The number of anilines is 1. The van der Waals surface area contributed by atoms with Gasteiger partial charge in [-0.25, -0.2) is 17.8 Å². The highest BCUT2D eigenvalue weighted by molar-refractivity contribution is 7.92. The van der Waals surface area contributed by atoms with Crippen molar-refractivity contribution in [1.82, 2.24) is 4.98 Å². The molecule has 0 fully saturated rings. The van der Waals surface area contributed by atoms with Crippen LogP contribution in [0, 0.1) is 15.9 Å². The van der Waals surface area contributed by atoms with Gasteiger partial charge in [0.2, 0.25) is 15.2 Å². The molecule has 0 atom stereocenters. The maximum absolute atomic E-state index is 12.7. The van der Waals surface area contributed by atoms with Crippen LogP contribution in [0.25, 0.3) is 0 Å². The minimum atomic E-state index is -3.75. The number of nitrogens with zero attached hydrogens (tertiary/aromatic N) is 2. The number of hydrogen-bond donors (Lipinski definition) is 1. The lowest BCUT2D eigenvalue weighted by molar-refractivity contribution is -0.380. The number of halogens is 1. The van der Waals surface area contributed by atoms with E-state index >= 15 is 0 Å². The van der Waals surface area contributed by atoms with E-state index in [9.17, 15) is 22.9 Å². The Hall–Kier alpha value is -2.27. The minimum absolute atomic E-state index is 0.0894. The molecular weight excluding hydrogens is 337 g/mol. The van der Waals surface area contributed by atoms with Crippen molar-refractivity contribution in [2.75, 3.05) is 17.1 Å². The summed E-state index contributed by atoms with van der Waals surface area (Å²) >= 11 is 0.616. The first-order valence-electron chi connectivity index (χ1n) is 5.85. The van der Waals surface area contributed by atoms with Crippen LogP contribution >= 0.6 is 11.3 Å². The van der Waals surface area contributed by atoms with E-state index < -0.39 is 20.8 Å². The van der Waals surface area contributed by atoms with Gasteiger partial charge >= 0.3 is 5.00 Å². The van der Waals surface area contributed by atoms with E-state index in [1.807, 2.05) is 0 Å². The van der Waals surface area contributed by atoms with Gasteiger partial charge < -0.3 is 4.74 Å². The highest BCUT2D eigenvalue weighted by Gasteiger charge is 2.17. The van der Waals surface area contributed by atoms with Gasteiger partial charge in [-0.2, -0.15) is 0 Å². The Kier molecular flexibility index (Phi) is 4.88. The lowest BCUT2D eigenvalue weighted by Gasteiger charge is -2.07. The van der Waals surface area contributed by atoms with Crippen molar-refractivity contribution in [2.45, 2.75) is 0 Å². The number of sulfonamides is 1. The summed E-state index contributed by atoms with van der Waals surface area (Å²) in [4.78, 5) is 13.4. The Morgan fingerprint density at radius 1 is 1.36 bits per heavy atom. The molecular formula is C11H10FN3O5S2. The van der Waals surface area contributed by atoms with Gasteiger partial charge in [-0.1, -0.05) is 0 Å². The van der Waals surface area contributed by atoms with Gasteiger partial charge in [0.15, 0.2) is 0 Å². The number of aromatic nitrogens is 1. The zero-order valence-corrected chi connectivity index (χ0v) is 12.6. The molecule has 0 aliphatic rings. The average Bonchev–Trinajstić information content (AvgIpc) is 2.89. The lowest BCUT2D eigenvalue weighted by Crippen LogP contribution is -2.21. The second kappa shape index (κ2) is 6.66. The van der Waals surface area contributed by atoms with Gasteiger partial charge in [-0.05, 0) is 35.6 Å². The van der Waals surface area contributed by atoms with Crippen molar-refractivity contribution in [3.05, 3.63) is 46.4 Å². The van der Waals surface area contributed by atoms with Crippen molar-refractivity contribution in [3.8, 4) is 5.75 Å². The molecule has 1 aromatic heterocycles. The fraction of sp³-hybridized carbons (Fsp3) is 0.182. The predicted molar refractivity (Wildman–Crippen MR) is 78.1 cm³/mol. The largest absolute Gasteiger partial charge is 0.492 e. The minimum Gasteiger partial charge on any atom is -0.492 e. The highest BCUT2D eigenvalue weighted by atomic mass is 32.2. The normalized spacial score (nSPS) is 11.1. The molecule has 0 aliphatic carbocycles. The molecule has 0 aliphatic heterocycles. The van der Waals surface area contributed by atoms with E-state index in [4.69, 9.17) is 4.74 Å². The smallest absolute Gasteiger partial charge is 0.345 e. The molecule has 0 unspecified atom stereocenters. The Labute approximate surface area is 128 Å². The van der Waals surface area contributed by atoms with Gasteiger partial charge in [0.1, 0.15) is 30.1 Å². The number of ether oxygens (including phenoxy) is 1. The number of thiazole rings is 1. The van der Waals surface area contributed by atoms with E-state index in [1.165, 1.54) is 24.3 Å². The maximum atomic E-state index is 12.7. The van der Waals surface area contributed by atoms with E-state index in [2.05, 4.69) is 9.71 Å². The van der Waals surface area contributed by atoms with Gasteiger partial charge in [-0.15, -0.1) is 0 Å². The van der Waals surface area contributed by atoms with Crippen LogP contribution in [0.1, 0.15) is 0 Å². The fourth-order valence-electron chi connectivity index (χ4n) is 1.38. The first kappa shape index (κ1) is 16.1. The molecule has 1 aromatic carbocycles. The number of nitrogens with one attached hydrogen (secondary N) is 1. The maximum Gasteiger partial charge on any atom is 0.345 e. The third-order valence-corrected chi connectivity index (χ3v) is 4.55. The summed E-state index contributed by atoms with van der Waals surface area (Å²) in [6.45, 7) is -0.158. The Morgan fingerprint density at radius 2 is 2.05 bits per heavy atom. The average molecular weight is 347 g/mol. The number of benzene rings is 1. The standard InChI is InChI=1S/C11H10FN3O5S2/c12-8-1-3-9(4-2-8)20-5-6-22(18,19)14-11-13-7-10(21-11)15(16)17/h1-4,7H,5-6H2,(H,13,14). The molecule has 2 rings (SSSR count). The molecule has 0 saturated heterocycles. The van der Waals surface area contributed by atoms with E-state index in [0.29, 0.717) is 17.1 Å². The molecule has 2 aromatic rings. The van der Waals surface area contributed by atoms with Crippen LogP contribution in [0.4, 0.5) is 14.5 Å². The van der Waals surface area contributed by atoms with E-state index in [0.717, 1.165) is 6.20 Å². The molecule has 0 radical (unpaired) electrons. The van der Waals surface area contributed by atoms with Gasteiger partial charge in [0, 0.05) is 0 Å². The predicted octanol–water partition coefficient (Wildman–Crippen LogP) is 2.01. The first-order valence-corrected chi connectivity index (χ1v) is 8.32. The molecule has 0 bridgehead atoms. The molecule has 22 heavy (non-hydrogen) atoms. The first-order chi connectivity index (χ1) is 10.4. The van der Waals surface area contributed by atoms with E-state index in [1.54, 1.807) is 0 Å².